The fourth-order valence-corrected chi connectivity index (χ4v) is 9.46. The van der Waals surface area contributed by atoms with Crippen LogP contribution >= 0.6 is 0 Å². The minimum absolute atomic E-state index is 0.0616. The van der Waals surface area contributed by atoms with Crippen LogP contribution in [-0.2, 0) is 28.6 Å². The van der Waals surface area contributed by atoms with Crippen molar-refractivity contribution in [2.24, 2.45) is 5.92 Å². The lowest BCUT2D eigenvalue weighted by atomic mass is 10.0. The zero-order valence-electron chi connectivity index (χ0n) is 45.9. The van der Waals surface area contributed by atoms with Crippen molar-refractivity contribution in [3.05, 3.63) is 0 Å². The molecule has 1 atom stereocenters. The smallest absolute Gasteiger partial charge is 0.306 e. The number of esters is 3. The summed E-state index contributed by atoms with van der Waals surface area (Å²) in [5, 5.41) is 0. The summed E-state index contributed by atoms with van der Waals surface area (Å²) in [5.74, 6) is 0.000320. The summed E-state index contributed by atoms with van der Waals surface area (Å²) in [5.41, 5.74) is 0. The van der Waals surface area contributed by atoms with Crippen molar-refractivity contribution < 1.29 is 28.6 Å². The van der Waals surface area contributed by atoms with E-state index >= 15 is 0 Å². The lowest BCUT2D eigenvalue weighted by molar-refractivity contribution is -0.167. The van der Waals surface area contributed by atoms with Crippen LogP contribution in [0.15, 0.2) is 0 Å². The fraction of sp³-hybridized carbons (Fsp3) is 0.951. The van der Waals surface area contributed by atoms with E-state index < -0.39 is 6.10 Å². The van der Waals surface area contributed by atoms with E-state index in [0.29, 0.717) is 19.3 Å². The van der Waals surface area contributed by atoms with E-state index in [2.05, 4.69) is 27.7 Å². The molecule has 0 aromatic carbocycles. The maximum Gasteiger partial charge on any atom is 0.306 e. The molecule has 0 aliphatic rings. The lowest BCUT2D eigenvalue weighted by Crippen LogP contribution is -2.30. The van der Waals surface area contributed by atoms with E-state index in [1.54, 1.807) is 0 Å². The average molecular weight is 948 g/mol. The summed E-state index contributed by atoms with van der Waals surface area (Å²) < 4.78 is 16.9. The molecule has 0 aliphatic heterocycles. The van der Waals surface area contributed by atoms with Crippen LogP contribution in [0, 0.1) is 5.92 Å². The first kappa shape index (κ1) is 65.4. The molecule has 0 rings (SSSR count). The summed E-state index contributed by atoms with van der Waals surface area (Å²) in [6.07, 6.45) is 61.0. The van der Waals surface area contributed by atoms with Gasteiger partial charge in [-0.05, 0) is 25.2 Å². The van der Waals surface area contributed by atoms with Crippen LogP contribution in [0.3, 0.4) is 0 Å². The van der Waals surface area contributed by atoms with Gasteiger partial charge in [-0.1, -0.05) is 310 Å². The van der Waals surface area contributed by atoms with E-state index in [9.17, 15) is 14.4 Å². The van der Waals surface area contributed by atoms with E-state index in [1.165, 1.54) is 244 Å². The van der Waals surface area contributed by atoms with Crippen LogP contribution < -0.4 is 0 Å². The summed E-state index contributed by atoms with van der Waals surface area (Å²) >= 11 is 0. The SMILES string of the molecule is CCCCCCCCCCCCCCCCCCCCC(=O)OC[C@H](COC(=O)CCCCCCCCCCCCCCCCCC)OC(=O)CCCCCCCCCCCCCCC(C)C. The second kappa shape index (κ2) is 55.3. The first-order valence-corrected chi connectivity index (χ1v) is 30.4. The molecular weight excluding hydrogens is 829 g/mol. The van der Waals surface area contributed by atoms with Gasteiger partial charge in [0.05, 0.1) is 0 Å². The third-order valence-corrected chi connectivity index (χ3v) is 14.0. The quantitative estimate of drug-likeness (QED) is 0.0343. The molecule has 67 heavy (non-hydrogen) atoms. The second-order valence-electron chi connectivity index (χ2n) is 21.5. The van der Waals surface area contributed by atoms with E-state index in [4.69, 9.17) is 14.2 Å². The van der Waals surface area contributed by atoms with E-state index in [-0.39, 0.29) is 31.1 Å². The minimum atomic E-state index is -0.762. The Balaban J connectivity index is 4.28. The topological polar surface area (TPSA) is 78.9 Å². The lowest BCUT2D eigenvalue weighted by Gasteiger charge is -2.18. The van der Waals surface area contributed by atoms with Crippen LogP contribution in [0.5, 0.6) is 0 Å². The molecule has 0 unspecified atom stereocenters. The number of carbonyl (C=O) groups excluding carboxylic acids is 3. The zero-order valence-corrected chi connectivity index (χ0v) is 45.9. The predicted molar refractivity (Wildman–Crippen MR) is 289 cm³/mol. The van der Waals surface area contributed by atoms with Crippen molar-refractivity contribution in [1.82, 2.24) is 0 Å². The Morgan fingerprint density at radius 2 is 0.493 bits per heavy atom. The minimum Gasteiger partial charge on any atom is -0.462 e. The third-order valence-electron chi connectivity index (χ3n) is 14.0. The zero-order chi connectivity index (χ0) is 48.8. The Labute approximate surface area is 418 Å². The number of carbonyl (C=O) groups is 3. The maximum absolute atomic E-state index is 12.9. The molecule has 0 N–H and O–H groups in total. The molecule has 6 nitrogen and oxygen atoms in total. The molecule has 0 saturated carbocycles. The molecule has 0 aliphatic carbocycles. The van der Waals surface area contributed by atoms with Crippen LogP contribution in [0.4, 0.5) is 0 Å². The van der Waals surface area contributed by atoms with Gasteiger partial charge in [0, 0.05) is 19.3 Å². The van der Waals surface area contributed by atoms with Gasteiger partial charge in [0.25, 0.3) is 0 Å². The first-order chi connectivity index (χ1) is 32.9. The van der Waals surface area contributed by atoms with Gasteiger partial charge in [-0.15, -0.1) is 0 Å². The molecular formula is C61H118O6. The Morgan fingerprint density at radius 3 is 0.731 bits per heavy atom. The Morgan fingerprint density at radius 1 is 0.284 bits per heavy atom. The van der Waals surface area contributed by atoms with Crippen LogP contribution in [0.2, 0.25) is 0 Å². The Hall–Kier alpha value is -1.59. The first-order valence-electron chi connectivity index (χ1n) is 30.4. The molecule has 0 bridgehead atoms. The van der Waals surface area contributed by atoms with Crippen molar-refractivity contribution in [2.45, 2.75) is 355 Å². The summed E-state index contributed by atoms with van der Waals surface area (Å²) in [6, 6.07) is 0. The maximum atomic E-state index is 12.9. The standard InChI is InChI=1S/C61H118O6/c1-5-7-9-11-13-15-17-19-21-23-24-26-28-33-37-41-45-49-53-60(63)66-56-58(67-61(64)54-50-46-42-38-34-30-29-31-35-39-43-47-51-57(3)4)55-65-59(62)52-48-44-40-36-32-27-25-22-20-18-16-14-12-10-8-6-2/h57-58H,5-56H2,1-4H3/t58-/m0/s1. The molecule has 0 spiro atoms. The molecule has 0 saturated heterocycles. The molecule has 0 aromatic rings. The van der Waals surface area contributed by atoms with Crippen molar-refractivity contribution in [3.63, 3.8) is 0 Å². The molecule has 0 amide bonds. The summed E-state index contributed by atoms with van der Waals surface area (Å²) in [4.78, 5) is 38.2. The van der Waals surface area contributed by atoms with Crippen molar-refractivity contribution in [2.75, 3.05) is 13.2 Å². The van der Waals surface area contributed by atoms with Crippen molar-refractivity contribution in [3.8, 4) is 0 Å². The molecule has 0 heterocycles. The Bertz CT molecular complexity index is 1010. The number of unbranched alkanes of at least 4 members (excludes halogenated alkanes) is 43. The predicted octanol–water partition coefficient (Wildman–Crippen LogP) is 20.2. The Kier molecular flexibility index (Phi) is 54.0. The van der Waals surface area contributed by atoms with Gasteiger partial charge in [-0.25, -0.2) is 0 Å². The van der Waals surface area contributed by atoms with Gasteiger partial charge in [0.2, 0.25) is 0 Å². The average Bonchev–Trinajstić information content (AvgIpc) is 3.31. The molecule has 0 radical (unpaired) electrons. The molecule has 0 aromatic heterocycles. The highest BCUT2D eigenvalue weighted by molar-refractivity contribution is 5.71. The highest BCUT2D eigenvalue weighted by Gasteiger charge is 2.19. The van der Waals surface area contributed by atoms with Gasteiger partial charge in [0.15, 0.2) is 6.10 Å². The van der Waals surface area contributed by atoms with Gasteiger partial charge in [-0.3, -0.25) is 14.4 Å². The second-order valence-corrected chi connectivity index (χ2v) is 21.5. The third kappa shape index (κ3) is 55.2. The number of hydrogen-bond donors (Lipinski definition) is 0. The summed E-state index contributed by atoms with van der Waals surface area (Å²) in [6.45, 7) is 9.07. The summed E-state index contributed by atoms with van der Waals surface area (Å²) in [7, 11) is 0. The normalized spacial score (nSPS) is 12.0. The molecule has 0 fully saturated rings. The van der Waals surface area contributed by atoms with Crippen LogP contribution in [-0.4, -0.2) is 37.2 Å². The molecule has 398 valence electrons. The number of rotatable bonds is 56. The van der Waals surface area contributed by atoms with Crippen LogP contribution in [0.1, 0.15) is 349 Å². The van der Waals surface area contributed by atoms with Crippen LogP contribution in [0.25, 0.3) is 0 Å². The number of hydrogen-bond acceptors (Lipinski definition) is 6. The number of ether oxygens (including phenoxy) is 3. The van der Waals surface area contributed by atoms with Gasteiger partial charge in [0.1, 0.15) is 13.2 Å². The van der Waals surface area contributed by atoms with Gasteiger partial charge >= 0.3 is 17.9 Å². The highest BCUT2D eigenvalue weighted by Crippen LogP contribution is 2.18. The van der Waals surface area contributed by atoms with E-state index in [0.717, 1.165) is 63.7 Å². The van der Waals surface area contributed by atoms with Crippen molar-refractivity contribution >= 4 is 17.9 Å². The molecule has 6 heteroatoms. The van der Waals surface area contributed by atoms with E-state index in [1.807, 2.05) is 0 Å². The van der Waals surface area contributed by atoms with Crippen molar-refractivity contribution in [1.29, 1.82) is 0 Å². The monoisotopic (exact) mass is 947 g/mol. The van der Waals surface area contributed by atoms with Gasteiger partial charge < -0.3 is 14.2 Å². The van der Waals surface area contributed by atoms with Gasteiger partial charge in [-0.2, -0.15) is 0 Å². The highest BCUT2D eigenvalue weighted by atomic mass is 16.6. The largest absolute Gasteiger partial charge is 0.462 e. The fourth-order valence-electron chi connectivity index (χ4n) is 9.46.